The van der Waals surface area contributed by atoms with Gasteiger partial charge in [-0.1, -0.05) is 42.5 Å². The highest BCUT2D eigenvalue weighted by Crippen LogP contribution is 2.37. The SMILES string of the molecule is COc1ccc(Cn2nc(Nc3cccc(N(C)C(=O)/C=C/CN(C)C4CC4)c3)c3c(Oc4ccc(Oc5ccccc5)cc4)ccnc32)cc1. The Balaban J connectivity index is 1.16. The predicted octanol–water partition coefficient (Wildman–Crippen LogP) is 8.43. The molecule has 0 aliphatic heterocycles. The Kier molecular flexibility index (Phi) is 9.94. The largest absolute Gasteiger partial charge is 0.497 e. The first-order chi connectivity index (χ1) is 24.9. The fraction of sp³-hybridized carbons (Fsp3) is 0.195. The summed E-state index contributed by atoms with van der Waals surface area (Å²) in [6.07, 6.45) is 7.75. The average Bonchev–Trinajstić information content (AvgIpc) is 3.96. The van der Waals surface area contributed by atoms with Crippen LogP contribution >= 0.6 is 0 Å². The summed E-state index contributed by atoms with van der Waals surface area (Å²) < 4.78 is 19.6. The molecule has 1 fully saturated rings. The van der Waals surface area contributed by atoms with Gasteiger partial charge in [0.15, 0.2) is 11.5 Å². The number of anilines is 3. The van der Waals surface area contributed by atoms with Crippen molar-refractivity contribution in [2.45, 2.75) is 25.4 Å². The molecule has 51 heavy (non-hydrogen) atoms. The number of para-hydroxylation sites is 1. The summed E-state index contributed by atoms with van der Waals surface area (Å²) in [5.74, 6) is 3.94. The molecule has 0 atom stereocenters. The Morgan fingerprint density at radius 2 is 1.57 bits per heavy atom. The topological polar surface area (TPSA) is 94.0 Å². The van der Waals surface area contributed by atoms with Crippen molar-refractivity contribution in [3.8, 4) is 28.7 Å². The van der Waals surface area contributed by atoms with Gasteiger partial charge in [0.1, 0.15) is 34.1 Å². The van der Waals surface area contributed by atoms with Crippen LogP contribution < -0.4 is 24.4 Å². The molecule has 258 valence electrons. The molecule has 2 aromatic heterocycles. The molecule has 1 saturated carbocycles. The van der Waals surface area contributed by atoms with E-state index in [9.17, 15) is 4.79 Å². The van der Waals surface area contributed by atoms with E-state index in [1.54, 1.807) is 31.3 Å². The van der Waals surface area contributed by atoms with E-state index in [1.165, 1.54) is 12.8 Å². The second-order valence-electron chi connectivity index (χ2n) is 12.5. The molecule has 2 heterocycles. The summed E-state index contributed by atoms with van der Waals surface area (Å²) in [7, 11) is 5.52. The Hall–Kier alpha value is -6.13. The van der Waals surface area contributed by atoms with Crippen molar-refractivity contribution in [1.29, 1.82) is 0 Å². The Labute approximate surface area is 297 Å². The Morgan fingerprint density at radius 1 is 0.863 bits per heavy atom. The van der Waals surface area contributed by atoms with E-state index in [0.717, 1.165) is 35.0 Å². The second-order valence-corrected chi connectivity index (χ2v) is 12.5. The molecule has 0 radical (unpaired) electrons. The van der Waals surface area contributed by atoms with Gasteiger partial charge in [-0.3, -0.25) is 9.69 Å². The van der Waals surface area contributed by atoms with Crippen molar-refractivity contribution in [2.24, 2.45) is 0 Å². The fourth-order valence-corrected chi connectivity index (χ4v) is 5.74. The van der Waals surface area contributed by atoms with Crippen LogP contribution in [0.2, 0.25) is 0 Å². The van der Waals surface area contributed by atoms with Gasteiger partial charge in [-0.05, 0) is 92.2 Å². The van der Waals surface area contributed by atoms with Crippen molar-refractivity contribution < 1.29 is 19.0 Å². The summed E-state index contributed by atoms with van der Waals surface area (Å²) in [5, 5.41) is 9.19. The van der Waals surface area contributed by atoms with Gasteiger partial charge in [-0.2, -0.15) is 5.10 Å². The van der Waals surface area contributed by atoms with E-state index in [-0.39, 0.29) is 5.91 Å². The average molecular weight is 681 g/mol. The normalized spacial score (nSPS) is 12.7. The molecule has 0 saturated heterocycles. The van der Waals surface area contributed by atoms with Crippen LogP contribution in [0, 0.1) is 0 Å². The summed E-state index contributed by atoms with van der Waals surface area (Å²) in [5.41, 5.74) is 3.20. The highest BCUT2D eigenvalue weighted by molar-refractivity contribution is 6.01. The maximum Gasteiger partial charge on any atom is 0.250 e. The molecule has 1 aliphatic carbocycles. The first-order valence-electron chi connectivity index (χ1n) is 16.9. The summed E-state index contributed by atoms with van der Waals surface area (Å²) >= 11 is 0. The maximum absolute atomic E-state index is 13.0. The molecule has 10 heteroatoms. The first kappa shape index (κ1) is 33.4. The molecular formula is C41H40N6O4. The van der Waals surface area contributed by atoms with Gasteiger partial charge in [0.05, 0.1) is 13.7 Å². The minimum absolute atomic E-state index is 0.0920. The van der Waals surface area contributed by atoms with E-state index in [0.29, 0.717) is 46.7 Å². The quantitative estimate of drug-likeness (QED) is 0.115. The highest BCUT2D eigenvalue weighted by atomic mass is 16.5. The number of ether oxygens (including phenoxy) is 3. The van der Waals surface area contributed by atoms with Crippen molar-refractivity contribution in [3.63, 3.8) is 0 Å². The molecule has 7 rings (SSSR count). The van der Waals surface area contributed by atoms with Gasteiger partial charge in [0, 0.05) is 49.3 Å². The number of fused-ring (bicyclic) bond motifs is 1. The Morgan fingerprint density at radius 3 is 2.29 bits per heavy atom. The van der Waals surface area contributed by atoms with Crippen LogP contribution in [0.3, 0.4) is 0 Å². The summed E-state index contributed by atoms with van der Waals surface area (Å²) in [6, 6.07) is 35.2. The zero-order valence-corrected chi connectivity index (χ0v) is 28.9. The molecule has 6 aromatic rings. The number of nitrogens with zero attached hydrogens (tertiary/aromatic N) is 5. The predicted molar refractivity (Wildman–Crippen MR) is 201 cm³/mol. The summed E-state index contributed by atoms with van der Waals surface area (Å²) in [4.78, 5) is 21.7. The summed E-state index contributed by atoms with van der Waals surface area (Å²) in [6.45, 7) is 1.23. The van der Waals surface area contributed by atoms with Gasteiger partial charge in [0.25, 0.3) is 0 Å². The minimum Gasteiger partial charge on any atom is -0.497 e. The molecule has 0 unspecified atom stereocenters. The lowest BCUT2D eigenvalue weighted by molar-refractivity contribution is -0.113. The monoisotopic (exact) mass is 680 g/mol. The van der Waals surface area contributed by atoms with Gasteiger partial charge in [0.2, 0.25) is 5.91 Å². The van der Waals surface area contributed by atoms with E-state index < -0.39 is 0 Å². The van der Waals surface area contributed by atoms with Crippen LogP contribution in [-0.4, -0.2) is 59.4 Å². The smallest absolute Gasteiger partial charge is 0.250 e. The number of hydrogen-bond acceptors (Lipinski definition) is 8. The molecule has 10 nitrogen and oxygen atoms in total. The van der Waals surface area contributed by atoms with Crippen molar-refractivity contribution >= 4 is 34.1 Å². The maximum atomic E-state index is 13.0. The van der Waals surface area contributed by atoms with Crippen LogP contribution in [0.1, 0.15) is 18.4 Å². The van der Waals surface area contributed by atoms with Gasteiger partial charge in [-0.25, -0.2) is 9.67 Å². The van der Waals surface area contributed by atoms with Crippen LogP contribution in [-0.2, 0) is 11.3 Å². The second kappa shape index (κ2) is 15.2. The van der Waals surface area contributed by atoms with Gasteiger partial charge >= 0.3 is 0 Å². The standard InChI is InChI=1S/C41H40N6O4/c1-45(31-16-17-31)26-8-13-38(48)46(2)32-10-7-9-30(27-32)43-40-39-37(51-36-22-20-35(21-23-36)50-34-11-5-4-6-12-34)24-25-42-41(39)47(44-40)28-29-14-18-33(49-3)19-15-29/h4-15,18-25,27,31H,16-17,26,28H2,1-3H3,(H,43,44)/b13-8+. The highest BCUT2D eigenvalue weighted by Gasteiger charge is 2.25. The number of aromatic nitrogens is 3. The molecule has 1 aliphatic rings. The zero-order chi connectivity index (χ0) is 35.2. The molecule has 1 amide bonds. The number of likely N-dealkylation sites (N-methyl/N-ethyl adjacent to an activating group) is 2. The third-order valence-electron chi connectivity index (χ3n) is 8.77. The minimum atomic E-state index is -0.0920. The van der Waals surface area contributed by atoms with Crippen molar-refractivity contribution in [2.75, 3.05) is 38.0 Å². The molecule has 4 aromatic carbocycles. The molecule has 0 spiro atoms. The van der Waals surface area contributed by atoms with E-state index >= 15 is 0 Å². The van der Waals surface area contributed by atoms with Crippen LogP contribution in [0.15, 0.2) is 128 Å². The fourth-order valence-electron chi connectivity index (χ4n) is 5.74. The number of nitrogens with one attached hydrogen (secondary N) is 1. The zero-order valence-electron chi connectivity index (χ0n) is 28.9. The van der Waals surface area contributed by atoms with Gasteiger partial charge < -0.3 is 24.4 Å². The number of hydrogen-bond donors (Lipinski definition) is 1. The lowest BCUT2D eigenvalue weighted by Crippen LogP contribution is -2.25. The van der Waals surface area contributed by atoms with E-state index in [2.05, 4.69) is 17.3 Å². The third kappa shape index (κ3) is 8.20. The van der Waals surface area contributed by atoms with E-state index in [4.69, 9.17) is 24.3 Å². The van der Waals surface area contributed by atoms with Crippen LogP contribution in [0.5, 0.6) is 28.7 Å². The molecular weight excluding hydrogens is 640 g/mol. The third-order valence-corrected chi connectivity index (χ3v) is 8.77. The lowest BCUT2D eigenvalue weighted by atomic mass is 10.2. The van der Waals surface area contributed by atoms with Crippen LogP contribution in [0.25, 0.3) is 11.0 Å². The Bertz CT molecular complexity index is 2130. The lowest BCUT2D eigenvalue weighted by Gasteiger charge is -2.17. The number of carbonyl (C=O) groups is 1. The van der Waals surface area contributed by atoms with Gasteiger partial charge in [-0.15, -0.1) is 0 Å². The first-order valence-corrected chi connectivity index (χ1v) is 16.9. The van der Waals surface area contributed by atoms with Crippen LogP contribution in [0.4, 0.5) is 17.2 Å². The molecule has 1 N–H and O–H groups in total. The number of amides is 1. The number of rotatable bonds is 14. The number of pyridine rings is 1. The van der Waals surface area contributed by atoms with Crippen molar-refractivity contribution in [3.05, 3.63) is 133 Å². The van der Waals surface area contributed by atoms with E-state index in [1.807, 2.05) is 120 Å². The number of benzene rings is 4. The van der Waals surface area contributed by atoms with Crippen molar-refractivity contribution in [1.82, 2.24) is 19.7 Å². The number of carbonyl (C=O) groups excluding carboxylic acids is 1. The molecule has 0 bridgehead atoms. The number of methoxy groups -OCH3 is 1.